The zero-order valence-corrected chi connectivity index (χ0v) is 10.6. The van der Waals surface area contributed by atoms with Gasteiger partial charge in [0.05, 0.1) is 0 Å². The average molecular weight is 213 g/mol. The summed E-state index contributed by atoms with van der Waals surface area (Å²) in [6, 6.07) is 0.705. The second-order valence-electron chi connectivity index (χ2n) is 5.88. The van der Waals surface area contributed by atoms with Crippen LogP contribution >= 0.6 is 0 Å². The number of nitrogens with one attached hydrogen (secondary N) is 1. The number of hydrogen-bond acceptors (Lipinski definition) is 2. The fourth-order valence-electron chi connectivity index (χ4n) is 2.77. The van der Waals surface area contributed by atoms with E-state index in [1.807, 2.05) is 0 Å². The molecule has 0 aromatic heterocycles. The van der Waals surface area contributed by atoms with Crippen LogP contribution in [0.5, 0.6) is 0 Å². The Morgan fingerprint density at radius 2 is 2.07 bits per heavy atom. The van der Waals surface area contributed by atoms with Gasteiger partial charge in [0.1, 0.15) is 0 Å². The Balaban J connectivity index is 2.20. The van der Waals surface area contributed by atoms with E-state index in [9.17, 15) is 0 Å². The Bertz CT molecular complexity index is 179. The largest absolute Gasteiger partial charge is 0.396 e. The lowest BCUT2D eigenvalue weighted by molar-refractivity contribution is 0.148. The van der Waals surface area contributed by atoms with E-state index in [0.29, 0.717) is 18.1 Å². The van der Waals surface area contributed by atoms with Gasteiger partial charge in [-0.2, -0.15) is 0 Å². The third-order valence-electron chi connectivity index (χ3n) is 3.68. The molecule has 2 nitrogen and oxygen atoms in total. The second kappa shape index (κ2) is 5.86. The zero-order chi connectivity index (χ0) is 11.3. The summed E-state index contributed by atoms with van der Waals surface area (Å²) in [4.78, 5) is 0. The van der Waals surface area contributed by atoms with Crippen molar-refractivity contribution in [3.8, 4) is 0 Å². The van der Waals surface area contributed by atoms with Crippen LogP contribution in [0.15, 0.2) is 0 Å². The Labute approximate surface area is 94.5 Å². The molecular weight excluding hydrogens is 186 g/mol. The van der Waals surface area contributed by atoms with E-state index < -0.39 is 0 Å². The lowest BCUT2D eigenvalue weighted by atomic mass is 9.70. The monoisotopic (exact) mass is 213 g/mol. The SMILES string of the molecule is CC1CC(C)(C)CCC1NCCCCO. The molecule has 1 aliphatic carbocycles. The molecule has 0 radical (unpaired) electrons. The normalized spacial score (nSPS) is 30.4. The molecule has 2 heteroatoms. The number of aliphatic hydroxyl groups excluding tert-OH is 1. The van der Waals surface area contributed by atoms with Crippen molar-refractivity contribution in [2.75, 3.05) is 13.2 Å². The topological polar surface area (TPSA) is 32.3 Å². The van der Waals surface area contributed by atoms with Crippen molar-refractivity contribution < 1.29 is 5.11 Å². The molecule has 90 valence electrons. The average Bonchev–Trinajstić information content (AvgIpc) is 2.14. The van der Waals surface area contributed by atoms with Crippen LogP contribution in [0.2, 0.25) is 0 Å². The van der Waals surface area contributed by atoms with Gasteiger partial charge in [0.15, 0.2) is 0 Å². The van der Waals surface area contributed by atoms with Gasteiger partial charge in [-0.05, 0) is 50.0 Å². The van der Waals surface area contributed by atoms with Gasteiger partial charge < -0.3 is 10.4 Å². The Morgan fingerprint density at radius 1 is 1.33 bits per heavy atom. The van der Waals surface area contributed by atoms with Crippen LogP contribution in [-0.4, -0.2) is 24.3 Å². The van der Waals surface area contributed by atoms with Crippen LogP contribution in [0.1, 0.15) is 52.9 Å². The number of hydrogen-bond donors (Lipinski definition) is 2. The number of aliphatic hydroxyl groups is 1. The predicted octanol–water partition coefficient (Wildman–Crippen LogP) is 2.56. The quantitative estimate of drug-likeness (QED) is 0.688. The standard InChI is InChI=1S/C13H27NO/c1-11-10-13(2,3)7-6-12(11)14-8-4-5-9-15/h11-12,14-15H,4-10H2,1-3H3. The van der Waals surface area contributed by atoms with Gasteiger partial charge in [-0.3, -0.25) is 0 Å². The summed E-state index contributed by atoms with van der Waals surface area (Å²) in [5, 5.41) is 12.3. The van der Waals surface area contributed by atoms with Crippen molar-refractivity contribution >= 4 is 0 Å². The van der Waals surface area contributed by atoms with Crippen molar-refractivity contribution in [2.45, 2.75) is 58.9 Å². The first-order valence-electron chi connectivity index (χ1n) is 6.39. The minimum Gasteiger partial charge on any atom is -0.396 e. The summed E-state index contributed by atoms with van der Waals surface area (Å²) in [7, 11) is 0. The number of unbranched alkanes of at least 4 members (excludes halogenated alkanes) is 1. The molecule has 0 bridgehead atoms. The molecule has 0 spiro atoms. The molecule has 2 N–H and O–H groups in total. The van der Waals surface area contributed by atoms with Crippen LogP contribution < -0.4 is 5.32 Å². The summed E-state index contributed by atoms with van der Waals surface area (Å²) in [5.41, 5.74) is 0.544. The molecular formula is C13H27NO. The summed E-state index contributed by atoms with van der Waals surface area (Å²) >= 11 is 0. The third kappa shape index (κ3) is 4.52. The first kappa shape index (κ1) is 13.0. The third-order valence-corrected chi connectivity index (χ3v) is 3.68. The molecule has 0 saturated heterocycles. The Kier molecular flexibility index (Phi) is 5.07. The maximum Gasteiger partial charge on any atom is 0.0431 e. The summed E-state index contributed by atoms with van der Waals surface area (Å²) in [6.45, 7) is 8.52. The molecule has 0 aliphatic heterocycles. The molecule has 1 saturated carbocycles. The fourth-order valence-corrected chi connectivity index (χ4v) is 2.77. The van der Waals surface area contributed by atoms with Gasteiger partial charge in [-0.25, -0.2) is 0 Å². The van der Waals surface area contributed by atoms with E-state index in [1.165, 1.54) is 19.3 Å². The van der Waals surface area contributed by atoms with Gasteiger partial charge >= 0.3 is 0 Å². The smallest absolute Gasteiger partial charge is 0.0431 e. The van der Waals surface area contributed by atoms with Crippen LogP contribution in [0.25, 0.3) is 0 Å². The lowest BCUT2D eigenvalue weighted by Crippen LogP contribution is -2.42. The van der Waals surface area contributed by atoms with Gasteiger partial charge in [0.2, 0.25) is 0 Å². The van der Waals surface area contributed by atoms with Crippen molar-refractivity contribution in [3.63, 3.8) is 0 Å². The zero-order valence-electron chi connectivity index (χ0n) is 10.6. The van der Waals surface area contributed by atoms with E-state index in [2.05, 4.69) is 26.1 Å². The highest BCUT2D eigenvalue weighted by Gasteiger charge is 2.31. The van der Waals surface area contributed by atoms with Gasteiger partial charge in [0.25, 0.3) is 0 Å². The Morgan fingerprint density at radius 3 is 2.67 bits per heavy atom. The van der Waals surface area contributed by atoms with Crippen LogP contribution in [0.3, 0.4) is 0 Å². The number of rotatable bonds is 5. The molecule has 15 heavy (non-hydrogen) atoms. The highest BCUT2D eigenvalue weighted by molar-refractivity contribution is 4.86. The van der Waals surface area contributed by atoms with Crippen molar-refractivity contribution in [2.24, 2.45) is 11.3 Å². The molecule has 0 heterocycles. The van der Waals surface area contributed by atoms with E-state index in [4.69, 9.17) is 5.11 Å². The van der Waals surface area contributed by atoms with Crippen molar-refractivity contribution in [1.29, 1.82) is 0 Å². The van der Waals surface area contributed by atoms with Crippen molar-refractivity contribution in [1.82, 2.24) is 5.32 Å². The maximum atomic E-state index is 8.70. The molecule has 0 amide bonds. The lowest BCUT2D eigenvalue weighted by Gasteiger charge is -2.39. The molecule has 1 fully saturated rings. The van der Waals surface area contributed by atoms with Gasteiger partial charge in [0, 0.05) is 12.6 Å². The summed E-state index contributed by atoms with van der Waals surface area (Å²) in [6.07, 6.45) is 6.02. The highest BCUT2D eigenvalue weighted by atomic mass is 16.2. The molecule has 2 unspecified atom stereocenters. The highest BCUT2D eigenvalue weighted by Crippen LogP contribution is 2.38. The minimum absolute atomic E-state index is 0.328. The van der Waals surface area contributed by atoms with Crippen LogP contribution in [-0.2, 0) is 0 Å². The van der Waals surface area contributed by atoms with E-state index in [-0.39, 0.29) is 0 Å². The molecule has 2 atom stereocenters. The first-order valence-corrected chi connectivity index (χ1v) is 6.39. The van der Waals surface area contributed by atoms with Crippen molar-refractivity contribution in [3.05, 3.63) is 0 Å². The van der Waals surface area contributed by atoms with Gasteiger partial charge in [-0.1, -0.05) is 20.8 Å². The maximum absolute atomic E-state index is 8.70. The summed E-state index contributed by atoms with van der Waals surface area (Å²) < 4.78 is 0. The molecule has 0 aromatic rings. The second-order valence-corrected chi connectivity index (χ2v) is 5.88. The minimum atomic E-state index is 0.328. The van der Waals surface area contributed by atoms with Gasteiger partial charge in [-0.15, -0.1) is 0 Å². The van der Waals surface area contributed by atoms with E-state index >= 15 is 0 Å². The van der Waals surface area contributed by atoms with Crippen LogP contribution in [0, 0.1) is 11.3 Å². The van der Waals surface area contributed by atoms with E-state index in [0.717, 1.165) is 25.3 Å². The first-order chi connectivity index (χ1) is 7.05. The molecule has 1 aliphatic rings. The molecule has 0 aromatic carbocycles. The summed E-state index contributed by atoms with van der Waals surface area (Å²) in [5.74, 6) is 0.794. The van der Waals surface area contributed by atoms with E-state index in [1.54, 1.807) is 0 Å². The Hall–Kier alpha value is -0.0800. The molecule has 1 rings (SSSR count). The fraction of sp³-hybridized carbons (Fsp3) is 1.00. The predicted molar refractivity (Wildman–Crippen MR) is 64.9 cm³/mol. The van der Waals surface area contributed by atoms with Crippen LogP contribution in [0.4, 0.5) is 0 Å².